The number of nitrogens with one attached hydrogen (secondary N) is 1. The van der Waals surface area contributed by atoms with E-state index in [2.05, 4.69) is 48.5 Å². The van der Waals surface area contributed by atoms with Crippen molar-refractivity contribution < 1.29 is 0 Å². The van der Waals surface area contributed by atoms with Crippen molar-refractivity contribution in [3.63, 3.8) is 0 Å². The predicted octanol–water partition coefficient (Wildman–Crippen LogP) is 2.74. The van der Waals surface area contributed by atoms with Crippen LogP contribution in [-0.2, 0) is 26.4 Å². The van der Waals surface area contributed by atoms with Crippen molar-refractivity contribution >= 4 is 11.5 Å². The number of nitrogens with zero attached hydrogens (tertiary/aromatic N) is 2. The minimum Gasteiger partial charge on any atom is -0.394 e. The lowest BCUT2D eigenvalue weighted by Crippen LogP contribution is -2.06. The van der Waals surface area contributed by atoms with Crippen LogP contribution in [0.25, 0.3) is 0 Å². The molecule has 0 atom stereocenters. The fourth-order valence-corrected chi connectivity index (χ4v) is 2.15. The third kappa shape index (κ3) is 2.89. The Morgan fingerprint density at radius 1 is 1.11 bits per heavy atom. The van der Waals surface area contributed by atoms with Crippen LogP contribution >= 0.6 is 0 Å². The number of nitrogens with two attached hydrogens (primary N) is 1. The van der Waals surface area contributed by atoms with Crippen LogP contribution in [0.4, 0.5) is 11.5 Å². The lowest BCUT2D eigenvalue weighted by molar-refractivity contribution is 0.747. The fraction of sp³-hybridized carbons (Fsp3) is 0.400. The number of aromatic nitrogens is 2. The van der Waals surface area contributed by atoms with E-state index in [1.54, 1.807) is 0 Å². The van der Waals surface area contributed by atoms with Gasteiger partial charge in [0.25, 0.3) is 0 Å². The molecule has 0 saturated heterocycles. The maximum Gasteiger partial charge on any atom is 0.148 e. The SMILES string of the molecule is CCc1ccc(CNc2c(N)c(CC)nn2C)cc1. The van der Waals surface area contributed by atoms with Crippen LogP contribution in [-0.4, -0.2) is 9.78 Å². The zero-order valence-corrected chi connectivity index (χ0v) is 11.9. The second-order valence-corrected chi connectivity index (χ2v) is 4.71. The summed E-state index contributed by atoms with van der Waals surface area (Å²) in [5, 5.41) is 7.76. The molecule has 0 saturated carbocycles. The zero-order valence-electron chi connectivity index (χ0n) is 11.9. The summed E-state index contributed by atoms with van der Waals surface area (Å²) >= 11 is 0. The molecule has 4 nitrogen and oxygen atoms in total. The Morgan fingerprint density at radius 3 is 2.26 bits per heavy atom. The average molecular weight is 258 g/mol. The Morgan fingerprint density at radius 2 is 1.74 bits per heavy atom. The summed E-state index contributed by atoms with van der Waals surface area (Å²) in [4.78, 5) is 0. The molecule has 102 valence electrons. The van der Waals surface area contributed by atoms with Crippen LogP contribution in [0.5, 0.6) is 0 Å². The van der Waals surface area contributed by atoms with Gasteiger partial charge in [0.1, 0.15) is 5.82 Å². The number of nitrogen functional groups attached to an aromatic ring is 1. The summed E-state index contributed by atoms with van der Waals surface area (Å²) in [7, 11) is 1.91. The summed E-state index contributed by atoms with van der Waals surface area (Å²) in [5.41, 5.74) is 10.4. The lowest BCUT2D eigenvalue weighted by atomic mass is 10.1. The first-order valence-corrected chi connectivity index (χ1v) is 6.78. The second-order valence-electron chi connectivity index (χ2n) is 4.71. The quantitative estimate of drug-likeness (QED) is 0.867. The first-order valence-electron chi connectivity index (χ1n) is 6.78. The highest BCUT2D eigenvalue weighted by atomic mass is 15.3. The molecule has 0 unspecified atom stereocenters. The van der Waals surface area contributed by atoms with Gasteiger partial charge in [0.2, 0.25) is 0 Å². The van der Waals surface area contributed by atoms with E-state index in [9.17, 15) is 0 Å². The molecule has 3 N–H and O–H groups in total. The number of hydrogen-bond donors (Lipinski definition) is 2. The van der Waals surface area contributed by atoms with Gasteiger partial charge in [-0.3, -0.25) is 4.68 Å². The van der Waals surface area contributed by atoms with Crippen molar-refractivity contribution in [1.82, 2.24) is 9.78 Å². The van der Waals surface area contributed by atoms with Crippen LogP contribution in [0, 0.1) is 0 Å². The molecular formula is C15H22N4. The highest BCUT2D eigenvalue weighted by Gasteiger charge is 2.11. The van der Waals surface area contributed by atoms with E-state index in [1.807, 2.05) is 11.7 Å². The van der Waals surface area contributed by atoms with Crippen molar-refractivity contribution in [2.24, 2.45) is 7.05 Å². The predicted molar refractivity (Wildman–Crippen MR) is 80.1 cm³/mol. The highest BCUT2D eigenvalue weighted by molar-refractivity contribution is 5.65. The minimum absolute atomic E-state index is 0.759. The van der Waals surface area contributed by atoms with E-state index in [0.717, 1.165) is 36.6 Å². The molecule has 1 aromatic carbocycles. The Hall–Kier alpha value is -1.97. The van der Waals surface area contributed by atoms with Crippen LogP contribution in [0.3, 0.4) is 0 Å². The summed E-state index contributed by atoms with van der Waals surface area (Å²) in [6.07, 6.45) is 1.93. The van der Waals surface area contributed by atoms with Crippen LogP contribution < -0.4 is 11.1 Å². The Labute approximate surface area is 114 Å². The van der Waals surface area contributed by atoms with Gasteiger partial charge in [-0.05, 0) is 24.0 Å². The molecule has 0 aliphatic heterocycles. The largest absolute Gasteiger partial charge is 0.394 e. The monoisotopic (exact) mass is 258 g/mol. The minimum atomic E-state index is 0.759. The highest BCUT2D eigenvalue weighted by Crippen LogP contribution is 2.22. The number of rotatable bonds is 5. The zero-order chi connectivity index (χ0) is 13.8. The van der Waals surface area contributed by atoms with Gasteiger partial charge in [0.15, 0.2) is 0 Å². The van der Waals surface area contributed by atoms with Gasteiger partial charge in [0, 0.05) is 13.6 Å². The van der Waals surface area contributed by atoms with Crippen molar-refractivity contribution in [3.8, 4) is 0 Å². The normalized spacial score (nSPS) is 10.7. The number of hydrogen-bond acceptors (Lipinski definition) is 3. The van der Waals surface area contributed by atoms with Gasteiger partial charge in [-0.2, -0.15) is 5.10 Å². The van der Waals surface area contributed by atoms with E-state index in [4.69, 9.17) is 5.73 Å². The summed E-state index contributed by atoms with van der Waals surface area (Å²) in [6, 6.07) is 8.64. The smallest absolute Gasteiger partial charge is 0.148 e. The van der Waals surface area contributed by atoms with Crippen LogP contribution in [0.2, 0.25) is 0 Å². The van der Waals surface area contributed by atoms with E-state index >= 15 is 0 Å². The first kappa shape index (κ1) is 13.5. The lowest BCUT2D eigenvalue weighted by Gasteiger charge is -2.08. The molecule has 0 radical (unpaired) electrons. The van der Waals surface area contributed by atoms with Crippen molar-refractivity contribution in [2.45, 2.75) is 33.2 Å². The molecule has 2 rings (SSSR count). The molecule has 0 amide bonds. The average Bonchev–Trinajstić information content (AvgIpc) is 2.72. The molecule has 0 aliphatic carbocycles. The van der Waals surface area contributed by atoms with Gasteiger partial charge in [-0.1, -0.05) is 38.1 Å². The fourth-order valence-electron chi connectivity index (χ4n) is 2.15. The summed E-state index contributed by atoms with van der Waals surface area (Å²) in [6.45, 7) is 4.98. The molecule has 1 heterocycles. The van der Waals surface area contributed by atoms with E-state index in [-0.39, 0.29) is 0 Å². The molecule has 1 aromatic heterocycles. The molecular weight excluding hydrogens is 236 g/mol. The van der Waals surface area contributed by atoms with Gasteiger partial charge in [-0.25, -0.2) is 0 Å². The van der Waals surface area contributed by atoms with Gasteiger partial charge < -0.3 is 11.1 Å². The van der Waals surface area contributed by atoms with Crippen molar-refractivity contribution in [3.05, 3.63) is 41.1 Å². The standard InChI is InChI=1S/C15H22N4/c1-4-11-6-8-12(9-7-11)10-17-15-14(16)13(5-2)18-19(15)3/h6-9,17H,4-5,10,16H2,1-3H3. The molecule has 0 spiro atoms. The van der Waals surface area contributed by atoms with Gasteiger partial charge in [0.05, 0.1) is 11.4 Å². The number of benzene rings is 1. The van der Waals surface area contributed by atoms with Crippen molar-refractivity contribution in [1.29, 1.82) is 0 Å². The van der Waals surface area contributed by atoms with Gasteiger partial charge >= 0.3 is 0 Å². The third-order valence-corrected chi connectivity index (χ3v) is 3.39. The Kier molecular flexibility index (Phi) is 4.10. The van der Waals surface area contributed by atoms with E-state index in [0.29, 0.717) is 0 Å². The number of anilines is 2. The van der Waals surface area contributed by atoms with Crippen molar-refractivity contribution in [2.75, 3.05) is 11.1 Å². The van der Waals surface area contributed by atoms with Crippen LogP contribution in [0.1, 0.15) is 30.7 Å². The summed E-state index contributed by atoms with van der Waals surface area (Å²) < 4.78 is 1.81. The maximum absolute atomic E-state index is 6.08. The van der Waals surface area contributed by atoms with Gasteiger partial charge in [-0.15, -0.1) is 0 Å². The van der Waals surface area contributed by atoms with Crippen LogP contribution in [0.15, 0.2) is 24.3 Å². The number of aryl methyl sites for hydroxylation is 3. The molecule has 2 aromatic rings. The molecule has 0 bridgehead atoms. The Bertz CT molecular complexity index is 540. The molecule has 0 aliphatic rings. The first-order chi connectivity index (χ1) is 9.15. The second kappa shape index (κ2) is 5.78. The molecule has 4 heteroatoms. The van der Waals surface area contributed by atoms with E-state index in [1.165, 1.54) is 11.1 Å². The third-order valence-electron chi connectivity index (χ3n) is 3.39. The topological polar surface area (TPSA) is 55.9 Å². The molecule has 0 fully saturated rings. The summed E-state index contributed by atoms with van der Waals surface area (Å²) in [5.74, 6) is 0.899. The maximum atomic E-state index is 6.08. The molecule has 19 heavy (non-hydrogen) atoms. The Balaban J connectivity index is 2.07. The van der Waals surface area contributed by atoms with E-state index < -0.39 is 0 Å².